The summed E-state index contributed by atoms with van der Waals surface area (Å²) in [4.78, 5) is 17.4. The van der Waals surface area contributed by atoms with E-state index in [0.29, 0.717) is 33.4 Å². The Balaban J connectivity index is 0.000000232. The van der Waals surface area contributed by atoms with Gasteiger partial charge in [0.05, 0.1) is 0 Å². The molecule has 1 unspecified atom stereocenters. The van der Waals surface area contributed by atoms with Crippen LogP contribution in [0.4, 0.5) is 0 Å². The smallest absolute Gasteiger partial charge is 0.872 e. The van der Waals surface area contributed by atoms with Crippen LogP contribution in [0.3, 0.4) is 0 Å². The largest absolute Gasteiger partial charge is 4.00 e. The molecule has 0 amide bonds. The summed E-state index contributed by atoms with van der Waals surface area (Å²) in [5.41, 5.74) is 2.65. The van der Waals surface area contributed by atoms with Gasteiger partial charge < -0.3 is 30.6 Å². The van der Waals surface area contributed by atoms with Crippen molar-refractivity contribution in [2.24, 2.45) is 20.0 Å². The van der Waals surface area contributed by atoms with Crippen LogP contribution in [0.5, 0.6) is 34.5 Å². The summed E-state index contributed by atoms with van der Waals surface area (Å²) in [5, 5.41) is 67.6. The number of benzene rings is 6. The maximum Gasteiger partial charge on any atom is 4.00 e. The standard InChI is InChI=1S/2C21H18N2O3.Zr/c2*24-18-10-4-1-7-15(18)13-22-21(17-9-3-6-12-20(17)26)23-14-16-8-2-5-11-19(16)25;/h2*1-14,21,24-26H;/q;;+4/p-4/b22-13+,23-14+;22-13-,23-14?;. The molecule has 0 aliphatic carbocycles. The topological polar surface area (TPSA) is 182 Å². The van der Waals surface area contributed by atoms with Gasteiger partial charge in [-0.25, -0.2) is 0 Å². The van der Waals surface area contributed by atoms with Crippen molar-refractivity contribution in [1.29, 1.82) is 0 Å². The molecule has 260 valence electrons. The molecule has 0 bridgehead atoms. The Morgan fingerprint density at radius 3 is 0.830 bits per heavy atom. The molecule has 0 saturated carbocycles. The summed E-state index contributed by atoms with van der Waals surface area (Å²) >= 11 is 0. The minimum atomic E-state index is -0.782. The van der Waals surface area contributed by atoms with E-state index in [-0.39, 0.29) is 60.7 Å². The molecule has 6 aromatic rings. The quantitative estimate of drug-likeness (QED) is 0.172. The monoisotopic (exact) mass is 778 g/mol. The first-order chi connectivity index (χ1) is 25.3. The number of aliphatic imine (C=N–C) groups is 4. The fourth-order valence-corrected chi connectivity index (χ4v) is 4.76. The number of nitrogens with zero attached hydrogens (tertiary/aromatic N) is 4. The summed E-state index contributed by atoms with van der Waals surface area (Å²) in [5.74, 6) is -0.528. The van der Waals surface area contributed by atoms with Crippen molar-refractivity contribution in [2.45, 2.75) is 12.3 Å². The van der Waals surface area contributed by atoms with Gasteiger partial charge in [0.15, 0.2) is 12.3 Å². The van der Waals surface area contributed by atoms with E-state index < -0.39 is 12.3 Å². The Hall–Kier alpha value is -6.32. The van der Waals surface area contributed by atoms with Crippen LogP contribution >= 0.6 is 0 Å². The molecule has 6 rings (SSSR count). The van der Waals surface area contributed by atoms with Crippen molar-refractivity contribution < 1.29 is 56.8 Å². The molecule has 0 aliphatic heterocycles. The summed E-state index contributed by atoms with van der Waals surface area (Å²) in [6.07, 6.45) is 4.16. The fraction of sp³-hybridized carbons (Fsp3) is 0.0476. The average Bonchev–Trinajstić information content (AvgIpc) is 3.15. The van der Waals surface area contributed by atoms with Crippen LogP contribution in [-0.2, 0) is 26.2 Å². The van der Waals surface area contributed by atoms with Gasteiger partial charge in [-0.15, -0.1) is 23.0 Å². The van der Waals surface area contributed by atoms with Gasteiger partial charge in [0.25, 0.3) is 0 Å². The first kappa shape index (κ1) is 39.5. The summed E-state index contributed by atoms with van der Waals surface area (Å²) < 4.78 is 0. The molecule has 10 nitrogen and oxygen atoms in total. The van der Waals surface area contributed by atoms with Crippen LogP contribution in [0.1, 0.15) is 45.7 Å². The maximum absolute atomic E-state index is 11.8. The molecular formula is C42H32N4O6Zr. The second kappa shape index (κ2) is 19.9. The zero-order valence-electron chi connectivity index (χ0n) is 28.1. The van der Waals surface area contributed by atoms with Gasteiger partial charge in [-0.1, -0.05) is 133 Å². The fourth-order valence-electron chi connectivity index (χ4n) is 4.76. The van der Waals surface area contributed by atoms with Gasteiger partial charge in [0.2, 0.25) is 0 Å². The van der Waals surface area contributed by atoms with Crippen molar-refractivity contribution in [1.82, 2.24) is 0 Å². The molecule has 2 N–H and O–H groups in total. The van der Waals surface area contributed by atoms with Gasteiger partial charge in [-0.05, 0) is 34.4 Å². The van der Waals surface area contributed by atoms with Crippen molar-refractivity contribution in [2.75, 3.05) is 0 Å². The third-order valence-corrected chi connectivity index (χ3v) is 7.53. The molecular weight excluding hydrogens is 748 g/mol. The number of rotatable bonds is 10. The Bertz CT molecular complexity index is 1960. The SMILES string of the molecule is [O-]c1ccccc1/C=N/C(/N=C/c1ccccc1[O-])c1ccccc1O.[O-]c1ccccc1C=NC(/N=C\c1ccccc1[O-])c1ccccc1O.[Zr+4]. The second-order valence-corrected chi connectivity index (χ2v) is 11.1. The van der Waals surface area contributed by atoms with E-state index in [0.717, 1.165) is 0 Å². The predicted molar refractivity (Wildman–Crippen MR) is 196 cm³/mol. The van der Waals surface area contributed by atoms with E-state index in [1.54, 1.807) is 109 Å². The van der Waals surface area contributed by atoms with Gasteiger partial charge >= 0.3 is 26.2 Å². The molecule has 1 atom stereocenters. The Morgan fingerprint density at radius 2 is 0.585 bits per heavy atom. The van der Waals surface area contributed by atoms with Gasteiger partial charge in [0.1, 0.15) is 11.5 Å². The number of hydrogen-bond donors (Lipinski definition) is 2. The Labute approximate surface area is 326 Å². The summed E-state index contributed by atoms with van der Waals surface area (Å²) in [7, 11) is 0. The number of para-hydroxylation sites is 6. The van der Waals surface area contributed by atoms with Crippen LogP contribution in [-0.4, -0.2) is 35.1 Å². The molecule has 53 heavy (non-hydrogen) atoms. The molecule has 0 aliphatic rings. The zero-order chi connectivity index (χ0) is 36.7. The third-order valence-electron chi connectivity index (χ3n) is 7.53. The zero-order valence-corrected chi connectivity index (χ0v) is 30.6. The maximum atomic E-state index is 11.8. The van der Waals surface area contributed by atoms with Crippen LogP contribution in [0.25, 0.3) is 0 Å². The van der Waals surface area contributed by atoms with E-state index in [4.69, 9.17) is 0 Å². The predicted octanol–water partition coefficient (Wildman–Crippen LogP) is 5.55. The van der Waals surface area contributed by atoms with E-state index in [1.807, 2.05) is 0 Å². The van der Waals surface area contributed by atoms with Crippen molar-refractivity contribution in [3.8, 4) is 34.5 Å². The molecule has 0 fully saturated rings. The van der Waals surface area contributed by atoms with Gasteiger partial charge in [-0.2, -0.15) is 0 Å². The molecule has 0 radical (unpaired) electrons. The minimum absolute atomic E-state index is 0. The van der Waals surface area contributed by atoms with Crippen molar-refractivity contribution in [3.63, 3.8) is 0 Å². The molecule has 0 heterocycles. The third kappa shape index (κ3) is 11.3. The number of aromatic hydroxyl groups is 2. The summed E-state index contributed by atoms with van der Waals surface area (Å²) in [6, 6.07) is 39.4. The van der Waals surface area contributed by atoms with Gasteiger partial charge in [0, 0.05) is 36.0 Å². The molecule has 11 heteroatoms. The van der Waals surface area contributed by atoms with Crippen molar-refractivity contribution in [3.05, 3.63) is 179 Å². The van der Waals surface area contributed by atoms with E-state index in [1.165, 1.54) is 61.3 Å². The Kier molecular flexibility index (Phi) is 14.8. The number of hydrogen-bond acceptors (Lipinski definition) is 10. The molecule has 0 spiro atoms. The van der Waals surface area contributed by atoms with Gasteiger partial charge in [-0.3, -0.25) is 20.0 Å². The van der Waals surface area contributed by atoms with Crippen LogP contribution in [0, 0.1) is 0 Å². The van der Waals surface area contributed by atoms with Crippen LogP contribution in [0.2, 0.25) is 0 Å². The van der Waals surface area contributed by atoms with Crippen molar-refractivity contribution >= 4 is 24.9 Å². The average molecular weight is 780 g/mol. The molecule has 0 aromatic heterocycles. The normalized spacial score (nSPS) is 11.9. The first-order valence-corrected chi connectivity index (χ1v) is 16.0. The van der Waals surface area contributed by atoms with Crippen LogP contribution in [0.15, 0.2) is 166 Å². The van der Waals surface area contributed by atoms with E-state index in [2.05, 4.69) is 20.0 Å². The molecule has 0 saturated heterocycles. The summed E-state index contributed by atoms with van der Waals surface area (Å²) in [6.45, 7) is 0. The van der Waals surface area contributed by atoms with Crippen LogP contribution < -0.4 is 20.4 Å². The number of phenolic OH excluding ortho intramolecular Hbond substituents is 2. The first-order valence-electron chi connectivity index (χ1n) is 16.0. The number of phenols is 2. The second-order valence-electron chi connectivity index (χ2n) is 11.1. The van der Waals surface area contributed by atoms with E-state index >= 15 is 0 Å². The molecule has 6 aromatic carbocycles. The Morgan fingerprint density at radius 1 is 0.358 bits per heavy atom. The minimum Gasteiger partial charge on any atom is -0.872 e. The van der Waals surface area contributed by atoms with E-state index in [9.17, 15) is 30.6 Å².